The summed E-state index contributed by atoms with van der Waals surface area (Å²) in [5.74, 6) is 1.40. The van der Waals surface area contributed by atoms with Gasteiger partial charge in [0.05, 0.1) is 7.11 Å². The number of aryl methyl sites for hydroxylation is 2. The van der Waals surface area contributed by atoms with E-state index >= 15 is 0 Å². The first-order chi connectivity index (χ1) is 7.65. The number of hydrogen-bond acceptors (Lipinski definition) is 3. The van der Waals surface area contributed by atoms with Gasteiger partial charge in [-0.2, -0.15) is 0 Å². The fraction of sp³-hybridized carbons (Fsp3) is 0.333. The summed E-state index contributed by atoms with van der Waals surface area (Å²) in [4.78, 5) is 8.51. The maximum atomic E-state index is 6.11. The molecule has 0 unspecified atom stereocenters. The Morgan fingerprint density at radius 2 is 2.06 bits per heavy atom. The molecule has 84 valence electrons. The second kappa shape index (κ2) is 4.26. The van der Waals surface area contributed by atoms with Crippen LogP contribution in [-0.2, 0) is 6.42 Å². The largest absolute Gasteiger partial charge is 0.494 e. The van der Waals surface area contributed by atoms with Gasteiger partial charge in [-0.15, -0.1) is 0 Å². The Morgan fingerprint density at radius 1 is 1.31 bits per heavy atom. The highest BCUT2D eigenvalue weighted by Gasteiger charge is 2.10. The molecule has 1 aromatic heterocycles. The quantitative estimate of drug-likeness (QED) is 0.752. The topological polar surface area (TPSA) is 35.0 Å². The minimum Gasteiger partial charge on any atom is -0.494 e. The van der Waals surface area contributed by atoms with Crippen molar-refractivity contribution in [1.82, 2.24) is 9.97 Å². The van der Waals surface area contributed by atoms with Crippen LogP contribution in [0.1, 0.15) is 18.3 Å². The molecule has 2 aromatic rings. The number of benzene rings is 1. The van der Waals surface area contributed by atoms with Gasteiger partial charge >= 0.3 is 0 Å². The molecule has 2 rings (SSSR count). The van der Waals surface area contributed by atoms with Gasteiger partial charge in [-0.25, -0.2) is 9.97 Å². The number of nitrogens with zero attached hydrogens (tertiary/aromatic N) is 2. The van der Waals surface area contributed by atoms with Crippen LogP contribution in [0.4, 0.5) is 0 Å². The van der Waals surface area contributed by atoms with Crippen LogP contribution in [0, 0.1) is 6.92 Å². The number of hydrogen-bond donors (Lipinski definition) is 0. The number of halogens is 1. The van der Waals surface area contributed by atoms with Crippen LogP contribution in [0.25, 0.3) is 10.9 Å². The van der Waals surface area contributed by atoms with Gasteiger partial charge < -0.3 is 4.74 Å². The Hall–Kier alpha value is -1.35. The first-order valence-electron chi connectivity index (χ1n) is 5.16. The molecule has 0 atom stereocenters. The molecule has 0 bridgehead atoms. The van der Waals surface area contributed by atoms with Crippen molar-refractivity contribution in [3.63, 3.8) is 0 Å². The molecule has 0 saturated carbocycles. The van der Waals surface area contributed by atoms with Crippen LogP contribution in [0.3, 0.4) is 0 Å². The van der Waals surface area contributed by atoms with Gasteiger partial charge in [-0.05, 0) is 31.0 Å². The molecule has 0 aliphatic rings. The average molecular weight is 237 g/mol. The van der Waals surface area contributed by atoms with E-state index in [9.17, 15) is 0 Å². The van der Waals surface area contributed by atoms with E-state index in [1.165, 1.54) is 5.56 Å². The van der Waals surface area contributed by atoms with Crippen LogP contribution in [0.5, 0.6) is 5.75 Å². The average Bonchev–Trinajstić information content (AvgIpc) is 2.28. The third-order valence-electron chi connectivity index (χ3n) is 2.52. The van der Waals surface area contributed by atoms with E-state index in [0.717, 1.165) is 23.1 Å². The Balaban J connectivity index is 2.83. The summed E-state index contributed by atoms with van der Waals surface area (Å²) in [6.45, 7) is 3.90. The molecule has 0 N–H and O–H groups in total. The molecule has 0 amide bonds. The van der Waals surface area contributed by atoms with Gasteiger partial charge in [-0.1, -0.05) is 18.5 Å². The monoisotopic (exact) mass is 236 g/mol. The highest BCUT2D eigenvalue weighted by molar-refractivity contribution is 6.34. The first kappa shape index (κ1) is 11.1. The molecule has 0 radical (unpaired) electrons. The molecule has 1 heterocycles. The molecular weight excluding hydrogens is 224 g/mol. The van der Waals surface area contributed by atoms with Crippen molar-refractivity contribution in [2.45, 2.75) is 20.3 Å². The number of ether oxygens (including phenoxy) is 1. The van der Waals surface area contributed by atoms with E-state index in [1.807, 2.05) is 19.1 Å². The standard InChI is InChI=1S/C12H13ClN2O/c1-4-8-5-9-11(10(6-8)16-3)14-7(2)15-12(9)13/h5-6H,4H2,1-3H3. The lowest BCUT2D eigenvalue weighted by Gasteiger charge is -2.09. The highest BCUT2D eigenvalue weighted by Crippen LogP contribution is 2.30. The van der Waals surface area contributed by atoms with E-state index < -0.39 is 0 Å². The Bertz CT molecular complexity index is 540. The summed E-state index contributed by atoms with van der Waals surface area (Å²) in [7, 11) is 1.64. The van der Waals surface area contributed by atoms with Crippen molar-refractivity contribution < 1.29 is 4.74 Å². The van der Waals surface area contributed by atoms with Gasteiger partial charge in [0, 0.05) is 5.39 Å². The van der Waals surface area contributed by atoms with Crippen molar-refractivity contribution in [2.24, 2.45) is 0 Å². The van der Waals surface area contributed by atoms with Crippen molar-refractivity contribution in [3.05, 3.63) is 28.7 Å². The summed E-state index contributed by atoms with van der Waals surface area (Å²) in [6.07, 6.45) is 0.927. The second-order valence-electron chi connectivity index (χ2n) is 3.61. The predicted octanol–water partition coefficient (Wildman–Crippen LogP) is 3.16. The lowest BCUT2D eigenvalue weighted by molar-refractivity contribution is 0.418. The molecule has 0 spiro atoms. The fourth-order valence-electron chi connectivity index (χ4n) is 1.69. The lowest BCUT2D eigenvalue weighted by Crippen LogP contribution is -1.95. The van der Waals surface area contributed by atoms with Gasteiger partial charge in [0.2, 0.25) is 0 Å². The van der Waals surface area contributed by atoms with Crippen molar-refractivity contribution >= 4 is 22.5 Å². The van der Waals surface area contributed by atoms with Crippen molar-refractivity contribution in [1.29, 1.82) is 0 Å². The zero-order valence-electron chi connectivity index (χ0n) is 9.54. The van der Waals surface area contributed by atoms with Crippen LogP contribution in [-0.4, -0.2) is 17.1 Å². The van der Waals surface area contributed by atoms with E-state index in [4.69, 9.17) is 16.3 Å². The molecule has 0 aliphatic heterocycles. The number of fused-ring (bicyclic) bond motifs is 1. The lowest BCUT2D eigenvalue weighted by atomic mass is 10.1. The summed E-state index contributed by atoms with van der Waals surface area (Å²) >= 11 is 6.11. The predicted molar refractivity (Wildman–Crippen MR) is 65.2 cm³/mol. The van der Waals surface area contributed by atoms with Gasteiger partial charge in [0.1, 0.15) is 22.2 Å². The maximum absolute atomic E-state index is 6.11. The van der Waals surface area contributed by atoms with E-state index in [2.05, 4.69) is 16.9 Å². The van der Waals surface area contributed by atoms with Crippen LogP contribution < -0.4 is 4.74 Å². The minimum atomic E-state index is 0.483. The summed E-state index contributed by atoms with van der Waals surface area (Å²) < 4.78 is 5.33. The van der Waals surface area contributed by atoms with Crippen molar-refractivity contribution in [2.75, 3.05) is 7.11 Å². The van der Waals surface area contributed by atoms with Crippen LogP contribution >= 0.6 is 11.6 Å². The van der Waals surface area contributed by atoms with E-state index in [-0.39, 0.29) is 0 Å². The van der Waals surface area contributed by atoms with Crippen LogP contribution in [0.2, 0.25) is 5.15 Å². The fourth-order valence-corrected chi connectivity index (χ4v) is 1.95. The third-order valence-corrected chi connectivity index (χ3v) is 2.81. The summed E-state index contributed by atoms with van der Waals surface area (Å²) in [6, 6.07) is 4.00. The number of methoxy groups -OCH3 is 1. The molecule has 3 nitrogen and oxygen atoms in total. The smallest absolute Gasteiger partial charge is 0.145 e. The van der Waals surface area contributed by atoms with Crippen LogP contribution in [0.15, 0.2) is 12.1 Å². The molecule has 16 heavy (non-hydrogen) atoms. The van der Waals surface area contributed by atoms with Gasteiger partial charge in [-0.3, -0.25) is 0 Å². The molecule has 0 fully saturated rings. The van der Waals surface area contributed by atoms with Gasteiger partial charge in [0.25, 0.3) is 0 Å². The second-order valence-corrected chi connectivity index (χ2v) is 3.97. The highest BCUT2D eigenvalue weighted by atomic mass is 35.5. The van der Waals surface area contributed by atoms with E-state index in [0.29, 0.717) is 11.0 Å². The van der Waals surface area contributed by atoms with Gasteiger partial charge in [0.15, 0.2) is 0 Å². The molecular formula is C12H13ClN2O. The molecule has 1 aromatic carbocycles. The normalized spacial score (nSPS) is 10.8. The summed E-state index contributed by atoms with van der Waals surface area (Å²) in [5.41, 5.74) is 1.94. The Kier molecular flexibility index (Phi) is 2.97. The van der Waals surface area contributed by atoms with E-state index in [1.54, 1.807) is 7.11 Å². The maximum Gasteiger partial charge on any atom is 0.145 e. The van der Waals surface area contributed by atoms with Crippen molar-refractivity contribution in [3.8, 4) is 5.75 Å². The third kappa shape index (κ3) is 1.83. The zero-order chi connectivity index (χ0) is 11.7. The molecule has 0 saturated heterocycles. The number of aromatic nitrogens is 2. The zero-order valence-corrected chi connectivity index (χ0v) is 10.3. The minimum absolute atomic E-state index is 0.483. The Morgan fingerprint density at radius 3 is 2.69 bits per heavy atom. The summed E-state index contributed by atoms with van der Waals surface area (Å²) in [5, 5.41) is 1.33. The first-order valence-corrected chi connectivity index (χ1v) is 5.54. The molecule has 0 aliphatic carbocycles. The number of rotatable bonds is 2. The SMILES string of the molecule is CCc1cc(OC)c2nc(C)nc(Cl)c2c1. The Labute approximate surface area is 99.4 Å². The molecule has 4 heteroatoms.